The smallest absolute Gasteiger partial charge is 0.0701 e. The maximum atomic E-state index is 3.43. The Kier molecular flexibility index (Phi) is 4.16. The maximum Gasteiger partial charge on any atom is 0.0701 e. The predicted molar refractivity (Wildman–Crippen MR) is 55.2 cm³/mol. The third-order valence-electron chi connectivity index (χ3n) is 1.41. The van der Waals surface area contributed by atoms with Gasteiger partial charge in [-0.25, -0.2) is 0 Å². The maximum absolute atomic E-state index is 3.43. The summed E-state index contributed by atoms with van der Waals surface area (Å²) in [4.78, 5) is 0. The third kappa shape index (κ3) is 3.92. The summed E-state index contributed by atoms with van der Waals surface area (Å²) in [5.41, 5.74) is 1.27. The number of halogens is 2. The van der Waals surface area contributed by atoms with E-state index in [1.165, 1.54) is 5.56 Å². The molecule has 0 aromatic heterocycles. The quantitative estimate of drug-likeness (QED) is 0.741. The Balaban J connectivity index is 2.39. The summed E-state index contributed by atoms with van der Waals surface area (Å²) in [6.07, 6.45) is 2.17. The summed E-state index contributed by atoms with van der Waals surface area (Å²) >= 11 is 6.87. The molecule has 0 nitrogen and oxygen atoms in total. The van der Waals surface area contributed by atoms with E-state index >= 15 is 0 Å². The molecule has 0 fully saturated rings. The van der Waals surface area contributed by atoms with E-state index in [2.05, 4.69) is 44.0 Å². The Morgan fingerprint density at radius 2 is 2.18 bits per heavy atom. The van der Waals surface area contributed by atoms with Crippen LogP contribution in [0.4, 0.5) is 0 Å². The minimum absolute atomic E-state index is 0.420. The van der Waals surface area contributed by atoms with E-state index < -0.39 is 0 Å². The van der Waals surface area contributed by atoms with Crippen LogP contribution in [0.15, 0.2) is 24.3 Å². The second-order valence-corrected chi connectivity index (χ2v) is 5.76. The molecule has 59 valence electrons. The molecule has 0 bridgehead atoms. The highest BCUT2D eigenvalue weighted by Gasteiger charge is 1.97. The van der Waals surface area contributed by atoms with Crippen LogP contribution >= 0.6 is 31.9 Å². The molecule has 1 radical (unpaired) electrons. The lowest BCUT2D eigenvalue weighted by Gasteiger charge is -2.00. The van der Waals surface area contributed by atoms with E-state index in [0.717, 1.165) is 12.8 Å². The molecule has 0 atom stereocenters. The van der Waals surface area contributed by atoms with Gasteiger partial charge in [0.25, 0.3) is 0 Å². The van der Waals surface area contributed by atoms with Crippen LogP contribution in [-0.4, -0.2) is 3.74 Å². The van der Waals surface area contributed by atoms with Gasteiger partial charge in [-0.3, -0.25) is 0 Å². The Morgan fingerprint density at radius 1 is 1.36 bits per heavy atom. The number of alkyl halides is 2. The molecule has 0 aliphatic heterocycles. The lowest BCUT2D eigenvalue weighted by atomic mass is 10.1. The van der Waals surface area contributed by atoms with E-state index in [0.29, 0.717) is 3.74 Å². The molecule has 11 heavy (non-hydrogen) atoms. The van der Waals surface area contributed by atoms with Gasteiger partial charge < -0.3 is 0 Å². The van der Waals surface area contributed by atoms with Crippen LogP contribution in [0.2, 0.25) is 0 Å². The van der Waals surface area contributed by atoms with Gasteiger partial charge in [-0.1, -0.05) is 56.1 Å². The van der Waals surface area contributed by atoms with Crippen molar-refractivity contribution in [1.29, 1.82) is 0 Å². The topological polar surface area (TPSA) is 0 Å². The zero-order chi connectivity index (χ0) is 8.10. The molecular formula is C9H9Br2. The molecule has 2 heteroatoms. The summed E-state index contributed by atoms with van der Waals surface area (Å²) in [5.74, 6) is 0. The predicted octanol–water partition coefficient (Wildman–Crippen LogP) is 3.54. The van der Waals surface area contributed by atoms with Crippen molar-refractivity contribution in [2.75, 3.05) is 0 Å². The van der Waals surface area contributed by atoms with Gasteiger partial charge in [0.05, 0.1) is 3.74 Å². The van der Waals surface area contributed by atoms with Gasteiger partial charge in [0.15, 0.2) is 0 Å². The van der Waals surface area contributed by atoms with E-state index in [1.54, 1.807) is 0 Å². The second-order valence-electron chi connectivity index (χ2n) is 2.32. The Hall–Kier alpha value is 0.180. The number of hydrogen-bond donors (Lipinski definition) is 0. The van der Waals surface area contributed by atoms with Gasteiger partial charge in [-0.15, -0.1) is 0 Å². The van der Waals surface area contributed by atoms with Crippen LogP contribution in [0.5, 0.6) is 0 Å². The first-order valence-electron chi connectivity index (χ1n) is 3.53. The Labute approximate surface area is 84.3 Å². The first-order chi connectivity index (χ1) is 5.29. The molecule has 0 unspecified atom stereocenters. The summed E-state index contributed by atoms with van der Waals surface area (Å²) in [7, 11) is 0. The minimum atomic E-state index is 0.420. The molecule has 0 heterocycles. The van der Waals surface area contributed by atoms with Crippen molar-refractivity contribution in [2.45, 2.75) is 16.6 Å². The molecule has 0 saturated heterocycles. The van der Waals surface area contributed by atoms with Crippen LogP contribution in [0.1, 0.15) is 12.0 Å². The lowest BCUT2D eigenvalue weighted by molar-refractivity contribution is 0.917. The van der Waals surface area contributed by atoms with E-state index in [1.807, 2.05) is 18.2 Å². The number of aryl methyl sites for hydroxylation is 1. The molecule has 0 spiro atoms. The summed E-state index contributed by atoms with van der Waals surface area (Å²) in [5, 5.41) is 0. The van der Waals surface area contributed by atoms with Gasteiger partial charge in [0.1, 0.15) is 0 Å². The second kappa shape index (κ2) is 4.94. The van der Waals surface area contributed by atoms with Crippen LogP contribution < -0.4 is 0 Å². The molecule has 0 amide bonds. The molecule has 1 aromatic rings. The fourth-order valence-corrected chi connectivity index (χ4v) is 1.31. The fraction of sp³-hybridized carbons (Fsp3) is 0.333. The Morgan fingerprint density at radius 3 is 2.73 bits per heavy atom. The summed E-state index contributed by atoms with van der Waals surface area (Å²) in [6, 6.07) is 11.3. The average molecular weight is 277 g/mol. The number of rotatable bonds is 3. The molecule has 0 aliphatic carbocycles. The SMILES string of the molecule is BrC(Br)CCc1[c]cccc1. The molecular weight excluding hydrogens is 268 g/mol. The molecule has 0 N–H and O–H groups in total. The minimum Gasteiger partial charge on any atom is -0.0765 e. The van der Waals surface area contributed by atoms with Gasteiger partial charge in [-0.05, 0) is 24.5 Å². The van der Waals surface area contributed by atoms with Gasteiger partial charge in [-0.2, -0.15) is 0 Å². The summed E-state index contributed by atoms with van der Waals surface area (Å²) in [6.45, 7) is 0. The van der Waals surface area contributed by atoms with Crippen molar-refractivity contribution in [2.24, 2.45) is 0 Å². The lowest BCUT2D eigenvalue weighted by Crippen LogP contribution is -1.90. The van der Waals surface area contributed by atoms with Crippen molar-refractivity contribution in [3.8, 4) is 0 Å². The highest BCUT2D eigenvalue weighted by atomic mass is 79.9. The van der Waals surface area contributed by atoms with Crippen LogP contribution in [0.25, 0.3) is 0 Å². The third-order valence-corrected chi connectivity index (χ3v) is 2.32. The van der Waals surface area contributed by atoms with Crippen molar-refractivity contribution in [3.05, 3.63) is 35.9 Å². The standard InChI is InChI=1S/C9H9Br2/c10-9(11)7-6-8-4-2-1-3-5-8/h1-4,9H,6-7H2. The van der Waals surface area contributed by atoms with Crippen LogP contribution in [-0.2, 0) is 6.42 Å². The van der Waals surface area contributed by atoms with Crippen molar-refractivity contribution < 1.29 is 0 Å². The number of benzene rings is 1. The van der Waals surface area contributed by atoms with Crippen molar-refractivity contribution in [3.63, 3.8) is 0 Å². The zero-order valence-electron chi connectivity index (χ0n) is 6.06. The van der Waals surface area contributed by atoms with E-state index in [-0.39, 0.29) is 0 Å². The van der Waals surface area contributed by atoms with E-state index in [9.17, 15) is 0 Å². The van der Waals surface area contributed by atoms with Crippen LogP contribution in [0, 0.1) is 6.07 Å². The first kappa shape index (κ1) is 9.27. The molecule has 0 saturated carbocycles. The monoisotopic (exact) mass is 275 g/mol. The largest absolute Gasteiger partial charge is 0.0765 e. The highest BCUT2D eigenvalue weighted by Crippen LogP contribution is 2.15. The van der Waals surface area contributed by atoms with Crippen LogP contribution in [0.3, 0.4) is 0 Å². The van der Waals surface area contributed by atoms with Gasteiger partial charge >= 0.3 is 0 Å². The molecule has 0 aliphatic rings. The zero-order valence-corrected chi connectivity index (χ0v) is 9.23. The summed E-state index contributed by atoms with van der Waals surface area (Å²) < 4.78 is 0.420. The molecule has 1 aromatic carbocycles. The number of hydrogen-bond acceptors (Lipinski definition) is 0. The van der Waals surface area contributed by atoms with Gasteiger partial charge in [0, 0.05) is 0 Å². The average Bonchev–Trinajstić information content (AvgIpc) is 2.03. The highest BCUT2D eigenvalue weighted by molar-refractivity contribution is 9.24. The Bertz CT molecular complexity index is 194. The molecule has 1 rings (SSSR count). The normalized spacial score (nSPS) is 10.5. The van der Waals surface area contributed by atoms with Crippen molar-refractivity contribution in [1.82, 2.24) is 0 Å². The van der Waals surface area contributed by atoms with Gasteiger partial charge in [0.2, 0.25) is 0 Å². The van der Waals surface area contributed by atoms with E-state index in [4.69, 9.17) is 0 Å². The first-order valence-corrected chi connectivity index (χ1v) is 5.36. The van der Waals surface area contributed by atoms with Crippen molar-refractivity contribution >= 4 is 31.9 Å². The fourth-order valence-electron chi connectivity index (χ4n) is 0.851.